The SMILES string of the molecule is O=C(NCc1ccncc1)[C@@H]1CC(=O)N(Cc2cccc(C(F)(F)F)c2)C1. The summed E-state index contributed by atoms with van der Waals surface area (Å²) >= 11 is 0. The van der Waals surface area contributed by atoms with Gasteiger partial charge in [-0.2, -0.15) is 13.2 Å². The molecule has 0 saturated carbocycles. The van der Waals surface area contributed by atoms with Crippen molar-refractivity contribution in [3.63, 3.8) is 0 Å². The largest absolute Gasteiger partial charge is 0.416 e. The van der Waals surface area contributed by atoms with Crippen molar-refractivity contribution in [3.8, 4) is 0 Å². The first-order chi connectivity index (χ1) is 12.8. The number of carbonyl (C=O) groups excluding carboxylic acids is 2. The summed E-state index contributed by atoms with van der Waals surface area (Å²) in [7, 11) is 0. The highest BCUT2D eigenvalue weighted by atomic mass is 19.4. The maximum Gasteiger partial charge on any atom is 0.416 e. The predicted molar refractivity (Wildman–Crippen MR) is 91.1 cm³/mol. The van der Waals surface area contributed by atoms with Crippen molar-refractivity contribution in [1.82, 2.24) is 15.2 Å². The molecule has 142 valence electrons. The van der Waals surface area contributed by atoms with Gasteiger partial charge in [0.2, 0.25) is 11.8 Å². The van der Waals surface area contributed by atoms with E-state index in [0.717, 1.165) is 17.7 Å². The van der Waals surface area contributed by atoms with Crippen molar-refractivity contribution >= 4 is 11.8 Å². The van der Waals surface area contributed by atoms with E-state index in [2.05, 4.69) is 10.3 Å². The number of aromatic nitrogens is 1. The zero-order valence-corrected chi connectivity index (χ0v) is 14.4. The first-order valence-corrected chi connectivity index (χ1v) is 8.43. The van der Waals surface area contributed by atoms with Gasteiger partial charge in [-0.25, -0.2) is 0 Å². The molecule has 0 unspecified atom stereocenters. The summed E-state index contributed by atoms with van der Waals surface area (Å²) in [6.07, 6.45) is -1.13. The van der Waals surface area contributed by atoms with Gasteiger partial charge in [-0.05, 0) is 35.4 Å². The molecule has 0 aliphatic carbocycles. The van der Waals surface area contributed by atoms with E-state index in [1.807, 2.05) is 0 Å². The number of carbonyl (C=O) groups is 2. The second kappa shape index (κ2) is 7.77. The number of hydrogen-bond acceptors (Lipinski definition) is 3. The molecule has 1 aliphatic rings. The van der Waals surface area contributed by atoms with Gasteiger partial charge >= 0.3 is 6.18 Å². The molecule has 1 saturated heterocycles. The lowest BCUT2D eigenvalue weighted by atomic mass is 10.1. The van der Waals surface area contributed by atoms with Crippen molar-refractivity contribution in [2.24, 2.45) is 5.92 Å². The molecule has 1 aliphatic heterocycles. The Morgan fingerprint density at radius 3 is 2.63 bits per heavy atom. The van der Waals surface area contributed by atoms with E-state index in [1.165, 1.54) is 11.0 Å². The zero-order chi connectivity index (χ0) is 19.4. The summed E-state index contributed by atoms with van der Waals surface area (Å²) in [6.45, 7) is 0.577. The minimum Gasteiger partial charge on any atom is -0.352 e. The molecule has 8 heteroatoms. The van der Waals surface area contributed by atoms with Crippen LogP contribution in [0.25, 0.3) is 0 Å². The van der Waals surface area contributed by atoms with Crippen LogP contribution in [0.5, 0.6) is 0 Å². The van der Waals surface area contributed by atoms with E-state index in [1.54, 1.807) is 30.6 Å². The molecule has 2 aromatic rings. The number of likely N-dealkylation sites (tertiary alicyclic amines) is 1. The van der Waals surface area contributed by atoms with Crippen molar-refractivity contribution < 1.29 is 22.8 Å². The van der Waals surface area contributed by atoms with Gasteiger partial charge in [0.15, 0.2) is 0 Å². The number of hydrogen-bond donors (Lipinski definition) is 1. The first-order valence-electron chi connectivity index (χ1n) is 8.43. The first kappa shape index (κ1) is 18.9. The van der Waals surface area contributed by atoms with Gasteiger partial charge in [-0.15, -0.1) is 0 Å². The number of amides is 2. The van der Waals surface area contributed by atoms with Crippen LogP contribution in [0.4, 0.5) is 13.2 Å². The molecular weight excluding hydrogens is 359 g/mol. The van der Waals surface area contributed by atoms with Gasteiger partial charge in [0.25, 0.3) is 0 Å². The highest BCUT2D eigenvalue weighted by Gasteiger charge is 2.35. The molecule has 0 radical (unpaired) electrons. The zero-order valence-electron chi connectivity index (χ0n) is 14.4. The summed E-state index contributed by atoms with van der Waals surface area (Å²) in [6, 6.07) is 8.44. The average Bonchev–Trinajstić information content (AvgIpc) is 3.01. The monoisotopic (exact) mass is 377 g/mol. The molecule has 0 spiro atoms. The smallest absolute Gasteiger partial charge is 0.352 e. The molecule has 2 amide bonds. The van der Waals surface area contributed by atoms with E-state index in [-0.39, 0.29) is 31.3 Å². The van der Waals surface area contributed by atoms with E-state index in [4.69, 9.17) is 0 Å². The minimum atomic E-state index is -4.43. The van der Waals surface area contributed by atoms with Crippen LogP contribution < -0.4 is 5.32 Å². The maximum atomic E-state index is 12.8. The van der Waals surface area contributed by atoms with Gasteiger partial charge in [0.05, 0.1) is 11.5 Å². The summed E-state index contributed by atoms with van der Waals surface area (Å²) in [5.41, 5.74) is 0.526. The molecular formula is C19H18F3N3O2. The molecule has 5 nitrogen and oxygen atoms in total. The highest BCUT2D eigenvalue weighted by Crippen LogP contribution is 2.30. The molecule has 1 aromatic heterocycles. The van der Waals surface area contributed by atoms with Gasteiger partial charge in [0.1, 0.15) is 0 Å². The van der Waals surface area contributed by atoms with Crippen LogP contribution in [0, 0.1) is 5.92 Å². The lowest BCUT2D eigenvalue weighted by Gasteiger charge is -2.17. The second-order valence-corrected chi connectivity index (χ2v) is 6.45. The summed E-state index contributed by atoms with van der Waals surface area (Å²) in [5, 5.41) is 2.78. The van der Waals surface area contributed by atoms with Crippen LogP contribution in [0.3, 0.4) is 0 Å². The van der Waals surface area contributed by atoms with Crippen LogP contribution in [0.1, 0.15) is 23.1 Å². The highest BCUT2D eigenvalue weighted by molar-refractivity contribution is 5.89. The van der Waals surface area contributed by atoms with Crippen LogP contribution in [0.2, 0.25) is 0 Å². The third-order valence-electron chi connectivity index (χ3n) is 4.43. The molecule has 3 rings (SSSR count). The molecule has 1 aromatic carbocycles. The Morgan fingerprint density at radius 1 is 1.19 bits per heavy atom. The fraction of sp³-hybridized carbons (Fsp3) is 0.316. The van der Waals surface area contributed by atoms with Crippen molar-refractivity contribution in [3.05, 3.63) is 65.5 Å². The number of alkyl halides is 3. The van der Waals surface area contributed by atoms with Gasteiger partial charge in [-0.3, -0.25) is 14.6 Å². The molecule has 1 N–H and O–H groups in total. The van der Waals surface area contributed by atoms with Gasteiger partial charge in [-0.1, -0.05) is 12.1 Å². The number of nitrogens with zero attached hydrogens (tertiary/aromatic N) is 2. The normalized spacial score (nSPS) is 17.2. The standard InChI is InChI=1S/C19H18F3N3O2/c20-19(21,22)16-3-1-2-14(8-16)11-25-12-15(9-17(25)26)18(27)24-10-13-4-6-23-7-5-13/h1-8,15H,9-12H2,(H,24,27)/t15-/m1/s1. The maximum absolute atomic E-state index is 12.8. The number of rotatable bonds is 5. The van der Waals surface area contributed by atoms with E-state index < -0.39 is 17.7 Å². The molecule has 1 fully saturated rings. The second-order valence-electron chi connectivity index (χ2n) is 6.45. The Bertz CT molecular complexity index is 824. The Morgan fingerprint density at radius 2 is 1.93 bits per heavy atom. The fourth-order valence-corrected chi connectivity index (χ4v) is 3.00. The Balaban J connectivity index is 1.58. The van der Waals surface area contributed by atoms with Crippen molar-refractivity contribution in [1.29, 1.82) is 0 Å². The van der Waals surface area contributed by atoms with Crippen LogP contribution in [0.15, 0.2) is 48.8 Å². The van der Waals surface area contributed by atoms with Crippen LogP contribution >= 0.6 is 0 Å². The number of nitrogens with one attached hydrogen (secondary N) is 1. The summed E-state index contributed by atoms with van der Waals surface area (Å²) in [5.74, 6) is -0.992. The quantitative estimate of drug-likeness (QED) is 0.872. The van der Waals surface area contributed by atoms with Crippen molar-refractivity contribution in [2.75, 3.05) is 6.54 Å². The third-order valence-corrected chi connectivity index (χ3v) is 4.43. The van der Waals surface area contributed by atoms with Gasteiger partial charge < -0.3 is 10.2 Å². The van der Waals surface area contributed by atoms with E-state index >= 15 is 0 Å². The number of pyridine rings is 1. The topological polar surface area (TPSA) is 62.3 Å². The van der Waals surface area contributed by atoms with Gasteiger partial charge in [0, 0.05) is 38.4 Å². The Labute approximate surface area is 154 Å². The lowest BCUT2D eigenvalue weighted by Crippen LogP contribution is -2.32. The van der Waals surface area contributed by atoms with Crippen LogP contribution in [-0.4, -0.2) is 28.2 Å². The third kappa shape index (κ3) is 4.84. The average molecular weight is 377 g/mol. The van der Waals surface area contributed by atoms with E-state index in [0.29, 0.717) is 12.1 Å². The molecule has 1 atom stereocenters. The van der Waals surface area contributed by atoms with E-state index in [9.17, 15) is 22.8 Å². The number of benzene rings is 1. The van der Waals surface area contributed by atoms with Crippen LogP contribution in [-0.2, 0) is 28.9 Å². The molecule has 27 heavy (non-hydrogen) atoms. The molecule has 2 heterocycles. The Hall–Kier alpha value is -2.90. The number of halogens is 3. The Kier molecular flexibility index (Phi) is 5.43. The molecule has 0 bridgehead atoms. The summed E-state index contributed by atoms with van der Waals surface area (Å²) in [4.78, 5) is 29.8. The predicted octanol–water partition coefficient (Wildman–Crippen LogP) is 2.77. The summed E-state index contributed by atoms with van der Waals surface area (Å²) < 4.78 is 38.4. The van der Waals surface area contributed by atoms with Crippen molar-refractivity contribution in [2.45, 2.75) is 25.7 Å². The lowest BCUT2D eigenvalue weighted by molar-refractivity contribution is -0.137. The fourth-order valence-electron chi connectivity index (χ4n) is 3.00. The minimum absolute atomic E-state index is 0.0525.